The van der Waals surface area contributed by atoms with Crippen molar-refractivity contribution in [1.29, 1.82) is 0 Å². The molecular weight excluding hydrogens is 362 g/mol. The molecule has 1 amide bonds. The van der Waals surface area contributed by atoms with Gasteiger partial charge in [-0.1, -0.05) is 26.0 Å². The molecule has 9 heteroatoms. The number of hydrogen-bond donors (Lipinski definition) is 2. The number of aromatic nitrogens is 2. The van der Waals surface area contributed by atoms with Gasteiger partial charge in [-0.25, -0.2) is 4.68 Å². The van der Waals surface area contributed by atoms with Gasteiger partial charge in [0, 0.05) is 24.4 Å². The lowest BCUT2D eigenvalue weighted by Gasteiger charge is -2.31. The van der Waals surface area contributed by atoms with Crippen LogP contribution in [-0.4, -0.2) is 32.7 Å². The lowest BCUT2D eigenvalue weighted by molar-refractivity contribution is -0.384. The molecule has 1 heterocycles. The summed E-state index contributed by atoms with van der Waals surface area (Å²) in [6, 6.07) is 7.23. The second-order valence-corrected chi connectivity index (χ2v) is 7.47. The van der Waals surface area contributed by atoms with Crippen LogP contribution in [0.2, 0.25) is 0 Å². The number of nitro groups is 1. The highest BCUT2D eigenvalue weighted by Crippen LogP contribution is 2.22. The molecule has 1 unspecified atom stereocenters. The first-order valence-electron chi connectivity index (χ1n) is 8.95. The zero-order valence-electron chi connectivity index (χ0n) is 16.4. The second-order valence-electron chi connectivity index (χ2n) is 7.47. The summed E-state index contributed by atoms with van der Waals surface area (Å²) >= 11 is 0. The third-order valence-electron chi connectivity index (χ3n) is 4.35. The molecule has 1 aromatic heterocycles. The number of amides is 1. The van der Waals surface area contributed by atoms with Crippen LogP contribution in [-0.2, 0) is 0 Å². The van der Waals surface area contributed by atoms with Crippen molar-refractivity contribution in [3.05, 3.63) is 62.1 Å². The van der Waals surface area contributed by atoms with E-state index in [9.17, 15) is 19.7 Å². The molecule has 0 fully saturated rings. The van der Waals surface area contributed by atoms with E-state index in [2.05, 4.69) is 10.4 Å². The van der Waals surface area contributed by atoms with Crippen LogP contribution < -0.4 is 16.5 Å². The van der Waals surface area contributed by atoms with E-state index in [0.717, 1.165) is 0 Å². The zero-order chi connectivity index (χ0) is 21.1. The summed E-state index contributed by atoms with van der Waals surface area (Å²) in [7, 11) is 0. The van der Waals surface area contributed by atoms with Crippen molar-refractivity contribution in [1.82, 2.24) is 15.1 Å². The lowest BCUT2D eigenvalue weighted by Crippen LogP contribution is -2.53. The molecule has 1 atom stereocenters. The fourth-order valence-electron chi connectivity index (χ4n) is 3.17. The van der Waals surface area contributed by atoms with Gasteiger partial charge < -0.3 is 11.1 Å². The molecule has 2 rings (SSSR count). The number of nitro benzene ring substituents is 1. The first-order chi connectivity index (χ1) is 13.1. The summed E-state index contributed by atoms with van der Waals surface area (Å²) < 4.78 is 1.23. The lowest BCUT2D eigenvalue weighted by atomic mass is 9.90. The summed E-state index contributed by atoms with van der Waals surface area (Å²) in [6.07, 6.45) is 0.624. The summed E-state index contributed by atoms with van der Waals surface area (Å²) in [6.45, 7) is 7.60. The van der Waals surface area contributed by atoms with Gasteiger partial charge in [0.25, 0.3) is 11.6 Å². The third-order valence-corrected chi connectivity index (χ3v) is 4.35. The Morgan fingerprint density at radius 3 is 2.61 bits per heavy atom. The highest BCUT2D eigenvalue weighted by Gasteiger charge is 2.28. The standard InChI is InChI=1S/C19H25N5O4/c1-12(2)10-19(4,11-20)21-18(26)17-16(25)9-13(3)23(22-17)14-7-5-6-8-15(14)24(27)28/h5-9,12H,10-11,20H2,1-4H3,(H,21,26). The van der Waals surface area contributed by atoms with Gasteiger partial charge in [0.2, 0.25) is 5.43 Å². The van der Waals surface area contributed by atoms with Crippen LogP contribution in [0.25, 0.3) is 5.69 Å². The highest BCUT2D eigenvalue weighted by molar-refractivity contribution is 5.92. The minimum absolute atomic E-state index is 0.169. The maximum atomic E-state index is 12.8. The van der Waals surface area contributed by atoms with Crippen LogP contribution in [0.3, 0.4) is 0 Å². The normalized spacial score (nSPS) is 13.2. The Balaban J connectivity index is 2.51. The first kappa shape index (κ1) is 21.2. The molecule has 0 aliphatic carbocycles. The van der Waals surface area contributed by atoms with Crippen molar-refractivity contribution in [3.63, 3.8) is 0 Å². The summed E-state index contributed by atoms with van der Waals surface area (Å²) in [5, 5.41) is 18.3. The monoisotopic (exact) mass is 387 g/mol. The second kappa shape index (κ2) is 8.30. The SMILES string of the molecule is Cc1cc(=O)c(C(=O)NC(C)(CN)CC(C)C)nn1-c1ccccc1[N+](=O)[O-]. The van der Waals surface area contributed by atoms with Gasteiger partial charge in [-0.2, -0.15) is 5.10 Å². The van der Waals surface area contributed by atoms with Crippen molar-refractivity contribution in [2.75, 3.05) is 6.54 Å². The van der Waals surface area contributed by atoms with Crippen molar-refractivity contribution in [2.24, 2.45) is 11.7 Å². The van der Waals surface area contributed by atoms with Crippen LogP contribution in [0.1, 0.15) is 43.4 Å². The molecule has 9 nitrogen and oxygen atoms in total. The van der Waals surface area contributed by atoms with Crippen LogP contribution in [0.5, 0.6) is 0 Å². The molecule has 0 aliphatic rings. The fraction of sp³-hybridized carbons (Fsp3) is 0.421. The minimum Gasteiger partial charge on any atom is -0.344 e. The molecule has 0 radical (unpaired) electrons. The van der Waals surface area contributed by atoms with Gasteiger partial charge in [-0.05, 0) is 32.3 Å². The Labute approximate surface area is 162 Å². The Bertz CT molecular complexity index is 954. The predicted octanol–water partition coefficient (Wildman–Crippen LogP) is 1.94. The molecule has 0 bridgehead atoms. The molecule has 28 heavy (non-hydrogen) atoms. The van der Waals surface area contributed by atoms with Crippen LogP contribution >= 0.6 is 0 Å². The number of aryl methyl sites for hydroxylation is 1. The number of para-hydroxylation sites is 2. The largest absolute Gasteiger partial charge is 0.344 e. The van der Waals surface area contributed by atoms with Crippen LogP contribution in [0, 0.1) is 23.0 Å². The van der Waals surface area contributed by atoms with Gasteiger partial charge in [0.15, 0.2) is 5.69 Å². The van der Waals surface area contributed by atoms with Crippen molar-refractivity contribution >= 4 is 11.6 Å². The van der Waals surface area contributed by atoms with E-state index in [-0.39, 0.29) is 29.5 Å². The number of nitrogens with one attached hydrogen (secondary N) is 1. The number of nitrogens with two attached hydrogens (primary N) is 1. The fourth-order valence-corrected chi connectivity index (χ4v) is 3.17. The van der Waals surface area contributed by atoms with Gasteiger partial charge in [0.1, 0.15) is 5.69 Å². The van der Waals surface area contributed by atoms with E-state index in [1.165, 1.54) is 28.9 Å². The van der Waals surface area contributed by atoms with Crippen LogP contribution in [0.15, 0.2) is 35.1 Å². The van der Waals surface area contributed by atoms with E-state index in [0.29, 0.717) is 12.1 Å². The Hall–Kier alpha value is -3.07. The zero-order valence-corrected chi connectivity index (χ0v) is 16.4. The average Bonchev–Trinajstić information content (AvgIpc) is 2.61. The number of hydrogen-bond acceptors (Lipinski definition) is 6. The molecule has 150 valence electrons. The van der Waals surface area contributed by atoms with Gasteiger partial charge >= 0.3 is 0 Å². The number of nitrogens with zero attached hydrogens (tertiary/aromatic N) is 3. The minimum atomic E-state index is -0.701. The summed E-state index contributed by atoms with van der Waals surface area (Å²) in [5.74, 6) is -0.380. The van der Waals surface area contributed by atoms with E-state index < -0.39 is 21.8 Å². The molecular formula is C19H25N5O4. The quantitative estimate of drug-likeness (QED) is 0.551. The summed E-state index contributed by atoms with van der Waals surface area (Å²) in [4.78, 5) is 35.9. The maximum Gasteiger partial charge on any atom is 0.294 e. The highest BCUT2D eigenvalue weighted by atomic mass is 16.6. The van der Waals surface area contributed by atoms with Gasteiger partial charge in [0.05, 0.1) is 10.5 Å². The molecule has 0 aliphatic heterocycles. The molecule has 3 N–H and O–H groups in total. The third kappa shape index (κ3) is 4.61. The molecule has 1 aromatic carbocycles. The number of rotatable bonds is 7. The Kier molecular flexibility index (Phi) is 6.30. The summed E-state index contributed by atoms with van der Waals surface area (Å²) in [5.41, 5.74) is 4.59. The van der Waals surface area contributed by atoms with Gasteiger partial charge in [-0.3, -0.25) is 19.7 Å². The van der Waals surface area contributed by atoms with Crippen molar-refractivity contribution in [2.45, 2.75) is 39.7 Å². The predicted molar refractivity (Wildman–Crippen MR) is 106 cm³/mol. The molecule has 0 saturated heterocycles. The first-order valence-corrected chi connectivity index (χ1v) is 8.95. The van der Waals surface area contributed by atoms with Crippen molar-refractivity contribution in [3.8, 4) is 5.69 Å². The van der Waals surface area contributed by atoms with Gasteiger partial charge in [-0.15, -0.1) is 0 Å². The maximum absolute atomic E-state index is 12.8. The van der Waals surface area contributed by atoms with E-state index >= 15 is 0 Å². The average molecular weight is 387 g/mol. The molecule has 0 spiro atoms. The Morgan fingerprint density at radius 1 is 1.39 bits per heavy atom. The van der Waals surface area contributed by atoms with E-state index in [4.69, 9.17) is 5.73 Å². The molecule has 2 aromatic rings. The number of benzene rings is 1. The van der Waals surface area contributed by atoms with E-state index in [1.807, 2.05) is 13.8 Å². The number of carbonyl (C=O) groups excluding carboxylic acids is 1. The van der Waals surface area contributed by atoms with Crippen LogP contribution in [0.4, 0.5) is 5.69 Å². The topological polar surface area (TPSA) is 133 Å². The van der Waals surface area contributed by atoms with Crippen molar-refractivity contribution < 1.29 is 9.72 Å². The van der Waals surface area contributed by atoms with E-state index in [1.54, 1.807) is 19.9 Å². The molecule has 0 saturated carbocycles. The Morgan fingerprint density at radius 2 is 2.04 bits per heavy atom. The number of carbonyl (C=O) groups is 1. The smallest absolute Gasteiger partial charge is 0.294 e.